The van der Waals surface area contributed by atoms with Crippen molar-refractivity contribution in [2.24, 2.45) is 5.73 Å². The third kappa shape index (κ3) is 7.27. The van der Waals surface area contributed by atoms with Gasteiger partial charge in [-0.2, -0.15) is 9.67 Å². The maximum Gasteiger partial charge on any atom is 0.417 e. The van der Waals surface area contributed by atoms with Gasteiger partial charge >= 0.3 is 6.09 Å². The summed E-state index contributed by atoms with van der Waals surface area (Å²) in [6.45, 7) is 1.90. The van der Waals surface area contributed by atoms with Crippen molar-refractivity contribution in [3.63, 3.8) is 0 Å². The van der Waals surface area contributed by atoms with E-state index in [1.165, 1.54) is 4.68 Å². The number of aliphatic hydroxyl groups is 1. The lowest BCUT2D eigenvalue weighted by Crippen LogP contribution is -2.50. The molecule has 2 heterocycles. The lowest BCUT2D eigenvalue weighted by Gasteiger charge is -2.22. The number of aliphatic hydroxyl groups excluding tert-OH is 1. The van der Waals surface area contributed by atoms with Crippen LogP contribution in [-0.4, -0.2) is 44.9 Å². The first-order valence-corrected chi connectivity index (χ1v) is 12.2. The fourth-order valence-electron chi connectivity index (χ4n) is 3.89. The molecule has 0 spiro atoms. The Hall–Kier alpha value is -5.03. The Kier molecular flexibility index (Phi) is 8.64. The Morgan fingerprint density at radius 2 is 1.67 bits per heavy atom. The molecule has 200 valence electrons. The molecular weight excluding hydrogens is 500 g/mol. The lowest BCUT2D eigenvalue weighted by molar-refractivity contribution is -0.700. The molecule has 0 aliphatic heterocycles. The van der Waals surface area contributed by atoms with Crippen molar-refractivity contribution in [1.82, 2.24) is 20.4 Å². The first-order chi connectivity index (χ1) is 18.8. The van der Waals surface area contributed by atoms with Crippen molar-refractivity contribution < 1.29 is 28.8 Å². The Morgan fingerprint density at radius 1 is 1.03 bits per heavy atom. The van der Waals surface area contributed by atoms with Gasteiger partial charge in [0.2, 0.25) is 12.6 Å². The molecule has 4 rings (SSSR count). The van der Waals surface area contributed by atoms with Crippen LogP contribution in [0, 0.1) is 6.92 Å². The number of benzene rings is 2. The number of carbonyl (C=O) groups excluding carboxylic acids is 3. The number of amides is 3. The molecule has 3 amide bonds. The summed E-state index contributed by atoms with van der Waals surface area (Å²) in [5.74, 6) is -1.03. The van der Waals surface area contributed by atoms with Crippen LogP contribution in [0.25, 0.3) is 5.69 Å². The van der Waals surface area contributed by atoms with Crippen LogP contribution in [-0.2, 0) is 17.9 Å². The van der Waals surface area contributed by atoms with Gasteiger partial charge in [0.25, 0.3) is 5.91 Å². The number of rotatable bonds is 10. The molecule has 11 nitrogen and oxygen atoms in total. The number of nitrogens with two attached hydrogens (primary N) is 1. The summed E-state index contributed by atoms with van der Waals surface area (Å²) >= 11 is 0. The van der Waals surface area contributed by atoms with Gasteiger partial charge in [-0.25, -0.2) is 9.48 Å². The molecule has 0 radical (unpaired) electrons. The van der Waals surface area contributed by atoms with Crippen LogP contribution in [0.15, 0.2) is 91.3 Å². The van der Waals surface area contributed by atoms with Crippen molar-refractivity contribution in [1.29, 1.82) is 0 Å². The second kappa shape index (κ2) is 12.5. The second-order valence-electron chi connectivity index (χ2n) is 8.81. The topological polar surface area (TPSA) is 152 Å². The number of para-hydroxylation sites is 1. The number of primary amides is 1. The van der Waals surface area contributed by atoms with Crippen LogP contribution >= 0.6 is 0 Å². The van der Waals surface area contributed by atoms with Crippen molar-refractivity contribution in [2.75, 3.05) is 0 Å². The number of hydrogen-bond donors (Lipinski definition) is 4. The predicted molar refractivity (Wildman–Crippen MR) is 141 cm³/mol. The lowest BCUT2D eigenvalue weighted by atomic mass is 10.0. The minimum absolute atomic E-state index is 0.156. The zero-order valence-corrected chi connectivity index (χ0v) is 21.2. The van der Waals surface area contributed by atoms with Crippen molar-refractivity contribution in [3.8, 4) is 11.4 Å². The molecule has 0 aliphatic carbocycles. The van der Waals surface area contributed by atoms with E-state index in [2.05, 4.69) is 15.7 Å². The minimum Gasteiger partial charge on any atom is -0.410 e. The van der Waals surface area contributed by atoms with Gasteiger partial charge in [-0.05, 0) is 37.1 Å². The summed E-state index contributed by atoms with van der Waals surface area (Å²) in [6, 6.07) is 22.0. The van der Waals surface area contributed by atoms with Gasteiger partial charge in [-0.3, -0.25) is 14.9 Å². The number of nitrogens with zero attached hydrogens (tertiary/aromatic N) is 3. The zero-order chi connectivity index (χ0) is 27.8. The molecule has 0 saturated carbocycles. The highest BCUT2D eigenvalue weighted by molar-refractivity contribution is 5.94. The maximum atomic E-state index is 13.3. The van der Waals surface area contributed by atoms with E-state index in [9.17, 15) is 19.5 Å². The first-order valence-electron chi connectivity index (χ1n) is 12.2. The second-order valence-corrected chi connectivity index (χ2v) is 8.81. The van der Waals surface area contributed by atoms with Crippen LogP contribution in [0.3, 0.4) is 0 Å². The summed E-state index contributed by atoms with van der Waals surface area (Å²) < 4.78 is 8.38. The molecule has 11 heteroatoms. The van der Waals surface area contributed by atoms with Gasteiger partial charge in [0.15, 0.2) is 18.5 Å². The van der Waals surface area contributed by atoms with Gasteiger partial charge < -0.3 is 20.9 Å². The molecule has 2 aromatic carbocycles. The monoisotopic (exact) mass is 529 g/mol. The third-order valence-corrected chi connectivity index (χ3v) is 5.83. The fourth-order valence-corrected chi connectivity index (χ4v) is 3.89. The Bertz CT molecular complexity index is 1420. The average Bonchev–Trinajstić information content (AvgIpc) is 3.34. The first kappa shape index (κ1) is 27.0. The molecule has 2 atom stereocenters. The van der Waals surface area contributed by atoms with E-state index >= 15 is 0 Å². The van der Waals surface area contributed by atoms with Gasteiger partial charge in [-0.1, -0.05) is 48.5 Å². The molecule has 0 bridgehead atoms. The van der Waals surface area contributed by atoms with Gasteiger partial charge in [-0.15, -0.1) is 0 Å². The average molecular weight is 530 g/mol. The van der Waals surface area contributed by atoms with Gasteiger partial charge in [0, 0.05) is 12.1 Å². The van der Waals surface area contributed by atoms with E-state index in [0.717, 1.165) is 5.56 Å². The van der Waals surface area contributed by atoms with E-state index in [4.69, 9.17) is 10.5 Å². The largest absolute Gasteiger partial charge is 0.417 e. The fraction of sp³-hybridized carbons (Fsp3) is 0.179. The number of aromatic nitrogens is 3. The van der Waals surface area contributed by atoms with Crippen LogP contribution < -0.4 is 25.7 Å². The highest BCUT2D eigenvalue weighted by Gasteiger charge is 2.28. The number of ether oxygens (including phenoxy) is 1. The molecule has 2 aromatic heterocycles. The third-order valence-electron chi connectivity index (χ3n) is 5.83. The Morgan fingerprint density at radius 3 is 2.31 bits per heavy atom. The number of hydrogen-bond acceptors (Lipinski definition) is 6. The van der Waals surface area contributed by atoms with Crippen molar-refractivity contribution in [3.05, 3.63) is 108 Å². The SMILES string of the molecule is Cc1cc(C(=O)N[C@@H](Cc2ccccc2)C(O)C(N)=O)n(-c2cc[n+](CNC(=O)Oc3ccccc3)cc2)n1. The molecule has 0 aliphatic rings. The van der Waals surface area contributed by atoms with Crippen molar-refractivity contribution >= 4 is 17.9 Å². The van der Waals surface area contributed by atoms with Crippen molar-refractivity contribution in [2.45, 2.75) is 32.2 Å². The van der Waals surface area contributed by atoms with E-state index in [0.29, 0.717) is 17.1 Å². The minimum atomic E-state index is -1.58. The molecule has 0 saturated heterocycles. The molecule has 4 aromatic rings. The zero-order valence-electron chi connectivity index (χ0n) is 21.2. The summed E-state index contributed by atoms with van der Waals surface area (Å²) in [4.78, 5) is 37.0. The van der Waals surface area contributed by atoms with Gasteiger partial charge in [0.1, 0.15) is 11.4 Å². The summed E-state index contributed by atoms with van der Waals surface area (Å²) in [5.41, 5.74) is 7.55. The number of carbonyl (C=O) groups is 3. The Balaban J connectivity index is 1.45. The van der Waals surface area contributed by atoms with E-state index in [1.807, 2.05) is 36.4 Å². The quantitative estimate of drug-likeness (QED) is 0.228. The smallest absolute Gasteiger partial charge is 0.410 e. The maximum absolute atomic E-state index is 13.3. The van der Waals surface area contributed by atoms with Crippen LogP contribution in [0.1, 0.15) is 21.7 Å². The highest BCUT2D eigenvalue weighted by atomic mass is 16.6. The van der Waals surface area contributed by atoms with Gasteiger partial charge in [0.05, 0.1) is 17.4 Å². The molecule has 0 fully saturated rings. The van der Waals surface area contributed by atoms with Crippen LogP contribution in [0.4, 0.5) is 4.79 Å². The summed E-state index contributed by atoms with van der Waals surface area (Å²) in [6.07, 6.45) is 1.46. The summed E-state index contributed by atoms with van der Waals surface area (Å²) in [7, 11) is 0. The normalized spacial score (nSPS) is 12.3. The predicted octanol–water partition coefficient (Wildman–Crippen LogP) is 1.40. The molecular formula is C28H29N6O5+. The number of nitrogens with one attached hydrogen (secondary N) is 2. The summed E-state index contributed by atoms with van der Waals surface area (Å²) in [5, 5.41) is 20.2. The number of pyridine rings is 1. The van der Waals surface area contributed by atoms with Crippen LogP contribution in [0.5, 0.6) is 5.75 Å². The molecule has 39 heavy (non-hydrogen) atoms. The number of aryl methyl sites for hydroxylation is 1. The molecule has 1 unspecified atom stereocenters. The Labute approximate surface area is 224 Å². The van der Waals surface area contributed by atoms with E-state index in [-0.39, 0.29) is 18.8 Å². The van der Waals surface area contributed by atoms with E-state index in [1.54, 1.807) is 66.3 Å². The van der Waals surface area contributed by atoms with E-state index < -0.39 is 30.1 Å². The molecule has 5 N–H and O–H groups in total. The standard InChI is InChI=1S/C28H28N6O5/c1-19-16-24(27(37)31-23(25(35)26(29)36)17-20-8-4-2-5-9-20)34(32-19)21-12-14-33(15-13-21)18-30-28(38)39-22-10-6-3-7-11-22/h2-16,23,25,35H,17-18H2,1H3,(H3-,29,30,31,36,37,38)/p+1/t23-,25?/m0/s1. The van der Waals surface area contributed by atoms with Crippen LogP contribution in [0.2, 0.25) is 0 Å². The highest BCUT2D eigenvalue weighted by Crippen LogP contribution is 2.14.